The average Bonchev–Trinajstić information content (AvgIpc) is 2.45. The molecule has 0 radical (unpaired) electrons. The minimum atomic E-state index is -3.39. The molecule has 0 unspecified atom stereocenters. The monoisotopic (exact) mass is 316 g/mol. The van der Waals surface area contributed by atoms with E-state index in [1.165, 1.54) is 28.3 Å². The van der Waals surface area contributed by atoms with Crippen LogP contribution in [0.15, 0.2) is 18.2 Å². The van der Waals surface area contributed by atoms with Gasteiger partial charge in [0.25, 0.3) is 0 Å². The van der Waals surface area contributed by atoms with Crippen molar-refractivity contribution < 1.29 is 22.7 Å². The topological polar surface area (TPSA) is 84.9 Å². The first-order chi connectivity index (χ1) is 9.80. The van der Waals surface area contributed by atoms with E-state index in [9.17, 15) is 13.2 Å². The van der Waals surface area contributed by atoms with Crippen LogP contribution in [0.1, 0.15) is 6.42 Å². The number of carbonyl (C=O) groups is 1. The number of nitrogens with one attached hydrogen (secondary N) is 1. The molecule has 0 saturated heterocycles. The molecule has 1 aromatic carbocycles. The van der Waals surface area contributed by atoms with Crippen LogP contribution in [0.2, 0.25) is 0 Å². The molecule has 8 heteroatoms. The van der Waals surface area contributed by atoms with Crippen LogP contribution in [0.3, 0.4) is 0 Å². The van der Waals surface area contributed by atoms with Gasteiger partial charge in [-0.15, -0.1) is 0 Å². The van der Waals surface area contributed by atoms with Crippen LogP contribution in [0, 0.1) is 0 Å². The van der Waals surface area contributed by atoms with Gasteiger partial charge in [-0.3, -0.25) is 4.79 Å². The molecule has 0 aliphatic heterocycles. The lowest BCUT2D eigenvalue weighted by atomic mass is 10.2. The summed E-state index contributed by atoms with van der Waals surface area (Å²) in [5, 5.41) is 2.62. The van der Waals surface area contributed by atoms with Crippen LogP contribution >= 0.6 is 0 Å². The van der Waals surface area contributed by atoms with Gasteiger partial charge in [-0.05, 0) is 12.1 Å². The summed E-state index contributed by atoms with van der Waals surface area (Å²) in [6.07, 6.45) is -0.129. The number of carbonyl (C=O) groups excluding carboxylic acids is 1. The molecule has 1 N–H and O–H groups in total. The zero-order valence-electron chi connectivity index (χ0n) is 12.5. The fourth-order valence-electron chi connectivity index (χ4n) is 1.52. The average molecular weight is 316 g/mol. The number of hydrogen-bond donors (Lipinski definition) is 1. The highest BCUT2D eigenvalue weighted by atomic mass is 32.2. The standard InChI is InChI=1S/C13H20N2O5S/c1-15(2)21(17,18)8-7-13(16)14-11-6-5-10(19-3)9-12(11)20-4/h5-6,9H,7-8H2,1-4H3,(H,14,16). The van der Waals surface area contributed by atoms with E-state index >= 15 is 0 Å². The van der Waals surface area contributed by atoms with Gasteiger partial charge in [-0.25, -0.2) is 12.7 Å². The molecule has 0 spiro atoms. The van der Waals surface area contributed by atoms with Gasteiger partial charge in [0.05, 0.1) is 25.7 Å². The molecule has 0 saturated carbocycles. The minimum Gasteiger partial charge on any atom is -0.497 e. The van der Waals surface area contributed by atoms with E-state index in [0.29, 0.717) is 17.2 Å². The minimum absolute atomic E-state index is 0.129. The lowest BCUT2D eigenvalue weighted by Gasteiger charge is -2.13. The van der Waals surface area contributed by atoms with Gasteiger partial charge in [0.2, 0.25) is 15.9 Å². The summed E-state index contributed by atoms with van der Waals surface area (Å²) < 4.78 is 34.5. The molecule has 1 aromatic rings. The Morgan fingerprint density at radius 1 is 1.24 bits per heavy atom. The van der Waals surface area contributed by atoms with Gasteiger partial charge < -0.3 is 14.8 Å². The largest absolute Gasteiger partial charge is 0.497 e. The first-order valence-corrected chi connectivity index (χ1v) is 7.83. The van der Waals surface area contributed by atoms with Crippen LogP contribution in [0.25, 0.3) is 0 Å². The quantitative estimate of drug-likeness (QED) is 0.808. The first-order valence-electron chi connectivity index (χ1n) is 6.22. The maximum absolute atomic E-state index is 11.8. The number of nitrogens with zero attached hydrogens (tertiary/aromatic N) is 1. The van der Waals surface area contributed by atoms with E-state index in [2.05, 4.69) is 5.32 Å². The normalized spacial score (nSPS) is 11.3. The smallest absolute Gasteiger partial charge is 0.225 e. The molecule has 0 aliphatic carbocycles. The SMILES string of the molecule is COc1ccc(NC(=O)CCS(=O)(=O)N(C)C)c(OC)c1. The Morgan fingerprint density at radius 3 is 2.43 bits per heavy atom. The van der Waals surface area contributed by atoms with Crippen molar-refractivity contribution in [3.05, 3.63) is 18.2 Å². The summed E-state index contributed by atoms with van der Waals surface area (Å²) in [5.41, 5.74) is 0.463. The number of methoxy groups -OCH3 is 2. The Morgan fingerprint density at radius 2 is 1.90 bits per heavy atom. The fraction of sp³-hybridized carbons (Fsp3) is 0.462. The zero-order chi connectivity index (χ0) is 16.0. The summed E-state index contributed by atoms with van der Waals surface area (Å²) in [5.74, 6) is 0.395. The number of amides is 1. The molecule has 0 aliphatic rings. The molecule has 1 amide bonds. The number of rotatable bonds is 7. The summed E-state index contributed by atoms with van der Waals surface area (Å²) in [6, 6.07) is 4.94. The van der Waals surface area contributed by atoms with Crippen LogP contribution < -0.4 is 14.8 Å². The summed E-state index contributed by atoms with van der Waals surface area (Å²) in [6.45, 7) is 0. The molecular formula is C13H20N2O5S. The number of hydrogen-bond acceptors (Lipinski definition) is 5. The lowest BCUT2D eigenvalue weighted by molar-refractivity contribution is -0.115. The van der Waals surface area contributed by atoms with Crippen LogP contribution in [-0.4, -0.2) is 52.7 Å². The Kier molecular flexibility index (Phi) is 5.98. The third-order valence-corrected chi connectivity index (χ3v) is 4.66. The van der Waals surface area contributed by atoms with Crippen molar-refractivity contribution in [2.45, 2.75) is 6.42 Å². The van der Waals surface area contributed by atoms with E-state index < -0.39 is 15.9 Å². The third kappa shape index (κ3) is 4.91. The zero-order valence-corrected chi connectivity index (χ0v) is 13.4. The molecule has 0 aromatic heterocycles. The second kappa shape index (κ2) is 7.28. The Bertz CT molecular complexity index is 599. The highest BCUT2D eigenvalue weighted by Crippen LogP contribution is 2.29. The molecule has 0 bridgehead atoms. The third-order valence-electron chi connectivity index (χ3n) is 2.83. The van der Waals surface area contributed by atoms with Crippen molar-refractivity contribution in [2.75, 3.05) is 39.4 Å². The van der Waals surface area contributed by atoms with Crippen LogP contribution in [0.4, 0.5) is 5.69 Å². The number of benzene rings is 1. The Labute approximate surface area is 124 Å². The van der Waals surface area contributed by atoms with E-state index in [1.807, 2.05) is 0 Å². The first kappa shape index (κ1) is 17.3. The predicted octanol–water partition coefficient (Wildman–Crippen LogP) is 0.924. The highest BCUT2D eigenvalue weighted by Gasteiger charge is 2.16. The number of sulfonamides is 1. The molecule has 118 valence electrons. The summed E-state index contributed by atoms with van der Waals surface area (Å²) >= 11 is 0. The van der Waals surface area contributed by atoms with Crippen molar-refractivity contribution in [1.82, 2.24) is 4.31 Å². The van der Waals surface area contributed by atoms with Gasteiger partial charge in [-0.1, -0.05) is 0 Å². The predicted molar refractivity (Wildman–Crippen MR) is 80.3 cm³/mol. The second-order valence-electron chi connectivity index (χ2n) is 4.46. The Hall–Kier alpha value is -1.80. The van der Waals surface area contributed by atoms with E-state index in [1.54, 1.807) is 18.2 Å². The van der Waals surface area contributed by atoms with E-state index in [0.717, 1.165) is 4.31 Å². The molecule has 0 atom stereocenters. The van der Waals surface area contributed by atoms with Crippen LogP contribution in [-0.2, 0) is 14.8 Å². The highest BCUT2D eigenvalue weighted by molar-refractivity contribution is 7.89. The van der Waals surface area contributed by atoms with E-state index in [-0.39, 0.29) is 12.2 Å². The van der Waals surface area contributed by atoms with Crippen molar-refractivity contribution in [3.63, 3.8) is 0 Å². The summed E-state index contributed by atoms with van der Waals surface area (Å²) in [7, 11) is 2.47. The maximum atomic E-state index is 11.8. The molecule has 21 heavy (non-hydrogen) atoms. The molecular weight excluding hydrogens is 296 g/mol. The van der Waals surface area contributed by atoms with Crippen molar-refractivity contribution in [3.8, 4) is 11.5 Å². The van der Waals surface area contributed by atoms with Crippen molar-refractivity contribution >= 4 is 21.6 Å². The summed E-state index contributed by atoms with van der Waals surface area (Å²) in [4.78, 5) is 11.8. The van der Waals surface area contributed by atoms with E-state index in [4.69, 9.17) is 9.47 Å². The van der Waals surface area contributed by atoms with Gasteiger partial charge in [0.15, 0.2) is 0 Å². The number of anilines is 1. The molecule has 0 fully saturated rings. The Balaban J connectivity index is 2.71. The van der Waals surface area contributed by atoms with Crippen LogP contribution in [0.5, 0.6) is 11.5 Å². The maximum Gasteiger partial charge on any atom is 0.225 e. The number of ether oxygens (including phenoxy) is 2. The van der Waals surface area contributed by atoms with Gasteiger partial charge in [-0.2, -0.15) is 0 Å². The second-order valence-corrected chi connectivity index (χ2v) is 6.77. The van der Waals surface area contributed by atoms with Crippen molar-refractivity contribution in [2.24, 2.45) is 0 Å². The molecule has 1 rings (SSSR count). The van der Waals surface area contributed by atoms with Gasteiger partial charge in [0, 0.05) is 26.6 Å². The van der Waals surface area contributed by atoms with Gasteiger partial charge in [0.1, 0.15) is 11.5 Å². The molecule has 7 nitrogen and oxygen atoms in total. The van der Waals surface area contributed by atoms with Gasteiger partial charge >= 0.3 is 0 Å². The fourth-order valence-corrected chi connectivity index (χ4v) is 2.33. The lowest BCUT2D eigenvalue weighted by Crippen LogP contribution is -2.27. The van der Waals surface area contributed by atoms with Crippen molar-refractivity contribution in [1.29, 1.82) is 0 Å². The molecule has 0 heterocycles.